The summed E-state index contributed by atoms with van der Waals surface area (Å²) in [6.07, 6.45) is 3.18. The standard InChI is InChI=1S/C16H24N2O2/c1-3-10-17-14-8-6-11-18(16(19)12-20-2)15-9-5-4-7-13(14)15/h4-5,7,9,14,17H,3,6,8,10-12H2,1-2H3. The predicted molar refractivity (Wildman–Crippen MR) is 80.9 cm³/mol. The summed E-state index contributed by atoms with van der Waals surface area (Å²) in [6.45, 7) is 4.08. The van der Waals surface area contributed by atoms with Crippen molar-refractivity contribution in [3.05, 3.63) is 29.8 Å². The molecule has 1 N–H and O–H groups in total. The minimum atomic E-state index is 0.0380. The second-order valence-electron chi connectivity index (χ2n) is 5.19. The molecule has 0 radical (unpaired) electrons. The van der Waals surface area contributed by atoms with Crippen LogP contribution in [-0.2, 0) is 9.53 Å². The summed E-state index contributed by atoms with van der Waals surface area (Å²) < 4.78 is 5.00. The fourth-order valence-electron chi connectivity index (χ4n) is 2.75. The number of nitrogens with one attached hydrogen (secondary N) is 1. The molecule has 1 heterocycles. The van der Waals surface area contributed by atoms with Crippen LogP contribution in [0.4, 0.5) is 5.69 Å². The minimum Gasteiger partial charge on any atom is -0.375 e. The number of benzene rings is 1. The second kappa shape index (κ2) is 7.41. The summed E-state index contributed by atoms with van der Waals surface area (Å²) in [5.74, 6) is 0.0380. The maximum atomic E-state index is 12.2. The van der Waals surface area contributed by atoms with Gasteiger partial charge in [0.2, 0.25) is 0 Å². The van der Waals surface area contributed by atoms with Gasteiger partial charge in [-0.15, -0.1) is 0 Å². The van der Waals surface area contributed by atoms with Crippen molar-refractivity contribution in [2.75, 3.05) is 31.7 Å². The Hall–Kier alpha value is -1.39. The zero-order valence-corrected chi connectivity index (χ0v) is 12.4. The Morgan fingerprint density at radius 1 is 1.45 bits per heavy atom. The largest absolute Gasteiger partial charge is 0.375 e. The SMILES string of the molecule is CCCNC1CCCN(C(=O)COC)c2ccccc21. The predicted octanol–water partition coefficient (Wildman–Crippen LogP) is 2.50. The molecule has 1 aliphatic heterocycles. The molecule has 2 rings (SSSR count). The monoisotopic (exact) mass is 276 g/mol. The van der Waals surface area contributed by atoms with Crippen LogP contribution in [0.2, 0.25) is 0 Å². The van der Waals surface area contributed by atoms with E-state index in [-0.39, 0.29) is 12.5 Å². The van der Waals surface area contributed by atoms with Crippen LogP contribution < -0.4 is 10.2 Å². The van der Waals surface area contributed by atoms with Gasteiger partial charge >= 0.3 is 0 Å². The summed E-state index contributed by atoms with van der Waals surface area (Å²) in [5, 5.41) is 3.59. The average Bonchev–Trinajstić information content (AvgIpc) is 2.65. The molecule has 0 spiro atoms. The van der Waals surface area contributed by atoms with E-state index in [2.05, 4.69) is 18.3 Å². The Morgan fingerprint density at radius 2 is 2.25 bits per heavy atom. The molecule has 4 heteroatoms. The van der Waals surface area contributed by atoms with Crippen molar-refractivity contribution in [2.45, 2.75) is 32.2 Å². The van der Waals surface area contributed by atoms with Crippen molar-refractivity contribution < 1.29 is 9.53 Å². The number of fused-ring (bicyclic) bond motifs is 1. The lowest BCUT2D eigenvalue weighted by Crippen LogP contribution is -2.34. The molecule has 0 aliphatic carbocycles. The molecule has 1 unspecified atom stereocenters. The fraction of sp³-hybridized carbons (Fsp3) is 0.562. The molecule has 0 saturated carbocycles. The molecule has 1 aromatic rings. The Bertz CT molecular complexity index is 448. The Labute approximate surface area is 121 Å². The topological polar surface area (TPSA) is 41.6 Å². The van der Waals surface area contributed by atoms with Crippen molar-refractivity contribution in [3.63, 3.8) is 0 Å². The van der Waals surface area contributed by atoms with Crippen LogP contribution in [0.1, 0.15) is 37.8 Å². The van der Waals surface area contributed by atoms with E-state index in [1.54, 1.807) is 7.11 Å². The molecule has 1 amide bonds. The van der Waals surface area contributed by atoms with E-state index in [1.807, 2.05) is 23.1 Å². The first-order chi connectivity index (χ1) is 9.77. The maximum absolute atomic E-state index is 12.2. The highest BCUT2D eigenvalue weighted by Gasteiger charge is 2.25. The van der Waals surface area contributed by atoms with Crippen molar-refractivity contribution >= 4 is 11.6 Å². The third-order valence-corrected chi connectivity index (χ3v) is 3.69. The molecule has 0 aromatic heterocycles. The molecule has 20 heavy (non-hydrogen) atoms. The molecule has 1 aromatic carbocycles. The van der Waals surface area contributed by atoms with E-state index in [0.29, 0.717) is 6.04 Å². The zero-order chi connectivity index (χ0) is 14.4. The van der Waals surface area contributed by atoms with Gasteiger partial charge in [-0.05, 0) is 37.4 Å². The highest BCUT2D eigenvalue weighted by atomic mass is 16.5. The van der Waals surface area contributed by atoms with Crippen LogP contribution in [-0.4, -0.2) is 32.7 Å². The van der Waals surface area contributed by atoms with Gasteiger partial charge in [0.05, 0.1) is 0 Å². The zero-order valence-electron chi connectivity index (χ0n) is 12.4. The van der Waals surface area contributed by atoms with Crippen LogP contribution in [0, 0.1) is 0 Å². The Morgan fingerprint density at radius 3 is 3.00 bits per heavy atom. The van der Waals surface area contributed by atoms with E-state index in [1.165, 1.54) is 5.56 Å². The number of carbonyl (C=O) groups excluding carboxylic acids is 1. The number of nitrogens with zero attached hydrogens (tertiary/aromatic N) is 1. The number of amides is 1. The summed E-state index contributed by atoms with van der Waals surface area (Å²) >= 11 is 0. The van der Waals surface area contributed by atoms with Gasteiger partial charge in [-0.2, -0.15) is 0 Å². The maximum Gasteiger partial charge on any atom is 0.252 e. The highest BCUT2D eigenvalue weighted by molar-refractivity contribution is 5.95. The third-order valence-electron chi connectivity index (χ3n) is 3.69. The van der Waals surface area contributed by atoms with Gasteiger partial charge in [-0.1, -0.05) is 25.1 Å². The summed E-state index contributed by atoms with van der Waals surface area (Å²) in [7, 11) is 1.56. The van der Waals surface area contributed by atoms with Gasteiger partial charge in [-0.25, -0.2) is 0 Å². The first kappa shape index (κ1) is 15.0. The molecule has 1 aliphatic rings. The highest BCUT2D eigenvalue weighted by Crippen LogP contribution is 2.32. The van der Waals surface area contributed by atoms with Gasteiger partial charge in [-0.3, -0.25) is 4.79 Å². The van der Waals surface area contributed by atoms with Gasteiger partial charge in [0, 0.05) is 25.4 Å². The van der Waals surface area contributed by atoms with E-state index in [9.17, 15) is 4.79 Å². The first-order valence-electron chi connectivity index (χ1n) is 7.39. The molecular formula is C16H24N2O2. The lowest BCUT2D eigenvalue weighted by atomic mass is 10.0. The number of para-hydroxylation sites is 1. The van der Waals surface area contributed by atoms with Crippen LogP contribution in [0.25, 0.3) is 0 Å². The number of ether oxygens (including phenoxy) is 1. The third kappa shape index (κ3) is 3.38. The van der Waals surface area contributed by atoms with Gasteiger partial charge in [0.25, 0.3) is 5.91 Å². The van der Waals surface area contributed by atoms with Gasteiger partial charge in [0.1, 0.15) is 6.61 Å². The molecular weight excluding hydrogens is 252 g/mol. The van der Waals surface area contributed by atoms with E-state index < -0.39 is 0 Å². The first-order valence-corrected chi connectivity index (χ1v) is 7.39. The summed E-state index contributed by atoms with van der Waals surface area (Å²) in [5.41, 5.74) is 2.25. The summed E-state index contributed by atoms with van der Waals surface area (Å²) in [4.78, 5) is 14.1. The lowest BCUT2D eigenvalue weighted by Gasteiger charge is -2.24. The van der Waals surface area contributed by atoms with Crippen LogP contribution in [0.15, 0.2) is 24.3 Å². The molecule has 0 saturated heterocycles. The van der Waals surface area contributed by atoms with E-state index >= 15 is 0 Å². The van der Waals surface area contributed by atoms with Crippen LogP contribution in [0.5, 0.6) is 0 Å². The van der Waals surface area contributed by atoms with Crippen LogP contribution in [0.3, 0.4) is 0 Å². The van der Waals surface area contributed by atoms with Gasteiger partial charge in [0.15, 0.2) is 0 Å². The number of methoxy groups -OCH3 is 1. The molecule has 0 fully saturated rings. The number of anilines is 1. The number of hydrogen-bond acceptors (Lipinski definition) is 3. The number of carbonyl (C=O) groups is 1. The number of hydrogen-bond donors (Lipinski definition) is 1. The molecule has 1 atom stereocenters. The van der Waals surface area contributed by atoms with E-state index in [0.717, 1.165) is 38.0 Å². The van der Waals surface area contributed by atoms with Crippen molar-refractivity contribution in [1.82, 2.24) is 5.32 Å². The lowest BCUT2D eigenvalue weighted by molar-refractivity contribution is -0.122. The normalized spacial score (nSPS) is 18.5. The van der Waals surface area contributed by atoms with Crippen molar-refractivity contribution in [2.24, 2.45) is 0 Å². The molecule has 0 bridgehead atoms. The van der Waals surface area contributed by atoms with Gasteiger partial charge < -0.3 is 15.0 Å². The average molecular weight is 276 g/mol. The Balaban J connectivity index is 2.27. The van der Waals surface area contributed by atoms with Crippen molar-refractivity contribution in [3.8, 4) is 0 Å². The van der Waals surface area contributed by atoms with Crippen LogP contribution >= 0.6 is 0 Å². The quantitative estimate of drug-likeness (QED) is 0.898. The molecule has 4 nitrogen and oxygen atoms in total. The summed E-state index contributed by atoms with van der Waals surface area (Å²) in [6, 6.07) is 8.54. The van der Waals surface area contributed by atoms with Crippen molar-refractivity contribution in [1.29, 1.82) is 0 Å². The smallest absolute Gasteiger partial charge is 0.252 e. The number of rotatable bonds is 5. The van der Waals surface area contributed by atoms with E-state index in [4.69, 9.17) is 4.74 Å². The fourth-order valence-corrected chi connectivity index (χ4v) is 2.75. The Kier molecular flexibility index (Phi) is 5.56. The molecule has 110 valence electrons. The second-order valence-corrected chi connectivity index (χ2v) is 5.19. The minimum absolute atomic E-state index is 0.0380.